The molecule has 0 spiro atoms. The lowest BCUT2D eigenvalue weighted by atomic mass is 9.84. The predicted molar refractivity (Wildman–Crippen MR) is 73.6 cm³/mol. The number of carbonyl (C=O) groups is 1. The zero-order valence-electron chi connectivity index (χ0n) is 12.2. The Morgan fingerprint density at radius 1 is 1.26 bits per heavy atom. The summed E-state index contributed by atoms with van der Waals surface area (Å²) < 4.78 is 10.9. The quantitative estimate of drug-likeness (QED) is 0.751. The molecule has 2 saturated carbocycles. The van der Waals surface area contributed by atoms with E-state index in [1.165, 1.54) is 26.4 Å². The fourth-order valence-electron chi connectivity index (χ4n) is 3.24. The molecule has 0 radical (unpaired) electrons. The lowest BCUT2D eigenvalue weighted by molar-refractivity contribution is -0.153. The molecule has 2 N–H and O–H groups in total. The van der Waals surface area contributed by atoms with E-state index in [-0.39, 0.29) is 18.0 Å². The minimum atomic E-state index is -0.926. The maximum Gasteiger partial charge on any atom is 0.328 e. The van der Waals surface area contributed by atoms with Gasteiger partial charge in [0.15, 0.2) is 0 Å². The maximum absolute atomic E-state index is 11.9. The van der Waals surface area contributed by atoms with Gasteiger partial charge in [-0.3, -0.25) is 0 Å². The number of carbonyl (C=O) groups excluding carboxylic acids is 1. The molecule has 0 amide bonds. The van der Waals surface area contributed by atoms with Gasteiger partial charge in [-0.1, -0.05) is 26.2 Å². The molecule has 4 heteroatoms. The zero-order valence-corrected chi connectivity index (χ0v) is 12.2. The Hall–Kier alpha value is -0.610. The fourth-order valence-corrected chi connectivity index (χ4v) is 3.24. The first-order valence-corrected chi connectivity index (χ1v) is 7.60. The van der Waals surface area contributed by atoms with Crippen LogP contribution in [0.1, 0.15) is 51.9 Å². The second-order valence-corrected chi connectivity index (χ2v) is 6.11. The number of ether oxygens (including phenoxy) is 2. The van der Waals surface area contributed by atoms with Gasteiger partial charge in [0.2, 0.25) is 0 Å². The number of hydrogen-bond acceptors (Lipinski definition) is 4. The van der Waals surface area contributed by atoms with Gasteiger partial charge in [-0.15, -0.1) is 0 Å². The molecule has 0 bridgehead atoms. The highest BCUT2D eigenvalue weighted by Gasteiger charge is 2.49. The molecule has 0 aliphatic heterocycles. The average molecular weight is 269 g/mol. The Balaban J connectivity index is 1.92. The summed E-state index contributed by atoms with van der Waals surface area (Å²) in [5, 5.41) is 0. The summed E-state index contributed by atoms with van der Waals surface area (Å²) in [6.45, 7) is 2.52. The van der Waals surface area contributed by atoms with Crippen molar-refractivity contribution in [1.29, 1.82) is 0 Å². The summed E-state index contributed by atoms with van der Waals surface area (Å²) >= 11 is 0. The number of methoxy groups -OCH3 is 1. The topological polar surface area (TPSA) is 61.5 Å². The highest BCUT2D eigenvalue weighted by atomic mass is 16.5. The van der Waals surface area contributed by atoms with Gasteiger partial charge in [0.05, 0.1) is 19.8 Å². The van der Waals surface area contributed by atoms with Crippen LogP contribution in [0.25, 0.3) is 0 Å². The van der Waals surface area contributed by atoms with Gasteiger partial charge in [-0.2, -0.15) is 0 Å². The number of esters is 1. The van der Waals surface area contributed by atoms with E-state index in [1.807, 2.05) is 0 Å². The first-order valence-electron chi connectivity index (χ1n) is 7.60. The predicted octanol–water partition coefficient (Wildman–Crippen LogP) is 2.25. The summed E-state index contributed by atoms with van der Waals surface area (Å²) in [6, 6.07) is 0. The fraction of sp³-hybridized carbons (Fsp3) is 0.933. The molecule has 0 heterocycles. The molecule has 0 aromatic carbocycles. The molecule has 3 unspecified atom stereocenters. The molecule has 2 aliphatic carbocycles. The van der Waals surface area contributed by atoms with Crippen LogP contribution in [-0.2, 0) is 14.3 Å². The molecule has 0 aromatic rings. The molecule has 0 saturated heterocycles. The summed E-state index contributed by atoms with van der Waals surface area (Å²) in [5.74, 6) is 0.539. The molecule has 3 atom stereocenters. The molecule has 4 nitrogen and oxygen atoms in total. The largest absolute Gasteiger partial charge is 0.468 e. The Morgan fingerprint density at radius 3 is 2.53 bits per heavy atom. The van der Waals surface area contributed by atoms with Crippen LogP contribution in [0.2, 0.25) is 0 Å². The smallest absolute Gasteiger partial charge is 0.328 e. The van der Waals surface area contributed by atoms with Crippen LogP contribution in [0, 0.1) is 11.8 Å². The molecular weight excluding hydrogens is 242 g/mol. The molecule has 19 heavy (non-hydrogen) atoms. The van der Waals surface area contributed by atoms with E-state index in [4.69, 9.17) is 15.2 Å². The van der Waals surface area contributed by atoms with Crippen molar-refractivity contribution < 1.29 is 14.3 Å². The number of nitrogens with two attached hydrogens (primary N) is 1. The van der Waals surface area contributed by atoms with Gasteiger partial charge in [0.25, 0.3) is 0 Å². The molecule has 2 fully saturated rings. The Morgan fingerprint density at radius 2 is 1.95 bits per heavy atom. The van der Waals surface area contributed by atoms with Crippen LogP contribution in [0.3, 0.4) is 0 Å². The molecule has 2 rings (SSSR count). The summed E-state index contributed by atoms with van der Waals surface area (Å²) in [4.78, 5) is 11.9. The van der Waals surface area contributed by atoms with Gasteiger partial charge in [-0.25, -0.2) is 4.79 Å². The minimum Gasteiger partial charge on any atom is -0.468 e. The van der Waals surface area contributed by atoms with E-state index in [1.54, 1.807) is 0 Å². The maximum atomic E-state index is 11.9. The Kier molecular flexibility index (Phi) is 4.85. The van der Waals surface area contributed by atoms with Crippen molar-refractivity contribution in [2.45, 2.75) is 63.5 Å². The van der Waals surface area contributed by atoms with Crippen molar-refractivity contribution in [3.05, 3.63) is 0 Å². The van der Waals surface area contributed by atoms with Crippen LogP contribution in [0.5, 0.6) is 0 Å². The summed E-state index contributed by atoms with van der Waals surface area (Å²) in [6.07, 6.45) is 8.29. The van der Waals surface area contributed by atoms with Crippen molar-refractivity contribution >= 4 is 5.97 Å². The van der Waals surface area contributed by atoms with Crippen molar-refractivity contribution in [2.75, 3.05) is 13.7 Å². The third-order valence-electron chi connectivity index (χ3n) is 4.77. The highest BCUT2D eigenvalue weighted by Crippen LogP contribution is 2.40. The van der Waals surface area contributed by atoms with E-state index < -0.39 is 5.54 Å². The van der Waals surface area contributed by atoms with Crippen LogP contribution in [0.4, 0.5) is 0 Å². The van der Waals surface area contributed by atoms with Crippen LogP contribution in [-0.4, -0.2) is 31.3 Å². The Labute approximate surface area is 116 Å². The first-order chi connectivity index (χ1) is 9.11. The van der Waals surface area contributed by atoms with E-state index in [0.29, 0.717) is 12.5 Å². The molecule has 110 valence electrons. The average Bonchev–Trinajstić information content (AvgIpc) is 3.29. The number of hydrogen-bond donors (Lipinski definition) is 1. The lowest BCUT2D eigenvalue weighted by Gasteiger charge is -2.34. The highest BCUT2D eigenvalue weighted by molar-refractivity contribution is 5.81. The van der Waals surface area contributed by atoms with Gasteiger partial charge >= 0.3 is 5.97 Å². The standard InChI is InChI=1S/C15H27NO3/c1-3-11-6-4-5-7-13(11)19-10-15(16,12-8-9-12)14(17)18-2/h11-13H,3-10,16H2,1-2H3. The van der Waals surface area contributed by atoms with Crippen molar-refractivity contribution in [1.82, 2.24) is 0 Å². The van der Waals surface area contributed by atoms with Crippen molar-refractivity contribution in [3.63, 3.8) is 0 Å². The molecular formula is C15H27NO3. The SMILES string of the molecule is CCC1CCCCC1OCC(N)(C(=O)OC)C1CC1. The first kappa shape index (κ1) is 14.8. The number of rotatable bonds is 6. The van der Waals surface area contributed by atoms with E-state index in [2.05, 4.69) is 6.92 Å². The van der Waals surface area contributed by atoms with Crippen LogP contribution < -0.4 is 5.73 Å². The van der Waals surface area contributed by atoms with Crippen LogP contribution in [0.15, 0.2) is 0 Å². The molecule has 0 aromatic heterocycles. The van der Waals surface area contributed by atoms with Crippen LogP contribution >= 0.6 is 0 Å². The van der Waals surface area contributed by atoms with Crippen molar-refractivity contribution in [3.8, 4) is 0 Å². The lowest BCUT2D eigenvalue weighted by Crippen LogP contribution is -2.55. The van der Waals surface area contributed by atoms with Crippen molar-refractivity contribution in [2.24, 2.45) is 17.6 Å². The van der Waals surface area contributed by atoms with Gasteiger partial charge in [-0.05, 0) is 37.5 Å². The third kappa shape index (κ3) is 3.29. The summed E-state index contributed by atoms with van der Waals surface area (Å²) in [7, 11) is 1.40. The van der Waals surface area contributed by atoms with Gasteiger partial charge < -0.3 is 15.2 Å². The Bertz CT molecular complexity index is 317. The van der Waals surface area contributed by atoms with E-state index >= 15 is 0 Å². The van der Waals surface area contributed by atoms with Gasteiger partial charge in [0, 0.05) is 0 Å². The third-order valence-corrected chi connectivity index (χ3v) is 4.77. The molecule has 2 aliphatic rings. The monoisotopic (exact) mass is 269 g/mol. The van der Waals surface area contributed by atoms with E-state index in [9.17, 15) is 4.79 Å². The van der Waals surface area contributed by atoms with Gasteiger partial charge in [0.1, 0.15) is 5.54 Å². The summed E-state index contributed by atoms with van der Waals surface area (Å²) in [5.41, 5.74) is 5.34. The van der Waals surface area contributed by atoms with E-state index in [0.717, 1.165) is 25.7 Å². The second kappa shape index (κ2) is 6.23. The second-order valence-electron chi connectivity index (χ2n) is 6.11. The minimum absolute atomic E-state index is 0.239. The zero-order chi connectivity index (χ0) is 13.9. The normalized spacial score (nSPS) is 30.7.